The lowest BCUT2D eigenvalue weighted by molar-refractivity contribution is 0.00714. The fraction of sp³-hybridized carbons (Fsp3) is 0.545. The first kappa shape index (κ1) is 14.1. The number of hydrogen-bond donors (Lipinski definition) is 1. The van der Waals surface area contributed by atoms with Gasteiger partial charge >= 0.3 is 0 Å². The fourth-order valence-corrected chi connectivity index (χ4v) is 1.36. The maximum atomic E-state index is 9.70. The number of aliphatic hydroxyl groups is 1. The molecule has 7 heteroatoms. The van der Waals surface area contributed by atoms with Gasteiger partial charge in [0, 0.05) is 7.11 Å². The van der Waals surface area contributed by atoms with E-state index in [9.17, 15) is 5.11 Å². The normalized spacial score (nSPS) is 11.8. The Balaban J connectivity index is 2.50. The summed E-state index contributed by atoms with van der Waals surface area (Å²) in [6.07, 6.45) is 0.588. The number of imidazole rings is 1. The Hall–Kier alpha value is -1.93. The van der Waals surface area contributed by atoms with Crippen molar-refractivity contribution in [3.63, 3.8) is 0 Å². The topological polar surface area (TPSA) is 104 Å². The minimum atomic E-state index is -0.769. The van der Waals surface area contributed by atoms with Crippen LogP contribution in [0.25, 0.3) is 0 Å². The Morgan fingerprint density at radius 1 is 1.44 bits per heavy atom. The van der Waals surface area contributed by atoms with E-state index in [1.165, 1.54) is 10.9 Å². The van der Waals surface area contributed by atoms with E-state index < -0.39 is 6.10 Å². The molecule has 1 unspecified atom stereocenters. The van der Waals surface area contributed by atoms with E-state index in [4.69, 9.17) is 20.0 Å². The Morgan fingerprint density at radius 3 is 2.83 bits per heavy atom. The number of methoxy groups -OCH3 is 1. The van der Waals surface area contributed by atoms with Crippen LogP contribution in [0.15, 0.2) is 6.33 Å². The van der Waals surface area contributed by atoms with Gasteiger partial charge in [-0.25, -0.2) is 4.98 Å². The summed E-state index contributed by atoms with van der Waals surface area (Å²) in [5, 5.41) is 27.3. The van der Waals surface area contributed by atoms with Gasteiger partial charge in [0.05, 0.1) is 38.8 Å². The quantitative estimate of drug-likeness (QED) is 0.663. The summed E-state index contributed by atoms with van der Waals surface area (Å²) in [4.78, 5) is 3.78. The van der Waals surface area contributed by atoms with Crippen LogP contribution in [0, 0.1) is 22.7 Å². The number of ether oxygens (including phenoxy) is 2. The monoisotopic (exact) mass is 250 g/mol. The van der Waals surface area contributed by atoms with Gasteiger partial charge in [0.15, 0.2) is 11.4 Å². The third-order valence-corrected chi connectivity index (χ3v) is 2.20. The average molecular weight is 250 g/mol. The van der Waals surface area contributed by atoms with Crippen molar-refractivity contribution in [2.75, 3.05) is 26.9 Å². The zero-order chi connectivity index (χ0) is 13.4. The molecule has 1 aromatic heterocycles. The Bertz CT molecular complexity index is 458. The summed E-state index contributed by atoms with van der Waals surface area (Å²) in [7, 11) is 1.56. The molecule has 0 saturated heterocycles. The van der Waals surface area contributed by atoms with Crippen LogP contribution in [0.5, 0.6) is 0 Å². The Labute approximate surface area is 105 Å². The molecule has 0 radical (unpaired) electrons. The van der Waals surface area contributed by atoms with Gasteiger partial charge in [-0.05, 0) is 0 Å². The number of nitriles is 2. The molecule has 1 aromatic rings. The number of rotatable bonds is 7. The molecular formula is C11H14N4O3. The molecule has 1 heterocycles. The van der Waals surface area contributed by atoms with Gasteiger partial charge in [-0.15, -0.1) is 0 Å². The highest BCUT2D eigenvalue weighted by atomic mass is 16.5. The number of nitrogens with zero attached hydrogens (tertiary/aromatic N) is 4. The molecule has 0 aliphatic heterocycles. The molecule has 7 nitrogen and oxygen atoms in total. The molecule has 0 spiro atoms. The van der Waals surface area contributed by atoms with E-state index in [1.807, 2.05) is 12.1 Å². The molecule has 0 fully saturated rings. The minimum Gasteiger partial charge on any atom is -0.389 e. The second kappa shape index (κ2) is 7.41. The largest absolute Gasteiger partial charge is 0.389 e. The number of hydrogen-bond acceptors (Lipinski definition) is 6. The summed E-state index contributed by atoms with van der Waals surface area (Å²) in [5.41, 5.74) is 0.207. The van der Waals surface area contributed by atoms with Gasteiger partial charge < -0.3 is 19.1 Å². The molecule has 0 aliphatic carbocycles. The highest BCUT2D eigenvalue weighted by Gasteiger charge is 2.13. The summed E-state index contributed by atoms with van der Waals surface area (Å²) in [5.74, 6) is 0. The van der Waals surface area contributed by atoms with Gasteiger partial charge in [-0.1, -0.05) is 0 Å². The van der Waals surface area contributed by atoms with Crippen LogP contribution < -0.4 is 0 Å². The molecule has 0 aromatic carbocycles. The van der Waals surface area contributed by atoms with Gasteiger partial charge in [0.25, 0.3) is 0 Å². The van der Waals surface area contributed by atoms with Crippen LogP contribution in [0.2, 0.25) is 0 Å². The van der Waals surface area contributed by atoms with Crippen LogP contribution in [0.4, 0.5) is 0 Å². The summed E-state index contributed by atoms with van der Waals surface area (Å²) >= 11 is 0. The molecule has 1 N–H and O–H groups in total. The van der Waals surface area contributed by atoms with Crippen LogP contribution >= 0.6 is 0 Å². The van der Waals surface area contributed by atoms with Crippen molar-refractivity contribution >= 4 is 0 Å². The van der Waals surface area contributed by atoms with Crippen LogP contribution in [0.1, 0.15) is 11.4 Å². The van der Waals surface area contributed by atoms with Crippen molar-refractivity contribution in [1.82, 2.24) is 9.55 Å². The van der Waals surface area contributed by atoms with Crippen molar-refractivity contribution in [1.29, 1.82) is 10.5 Å². The van der Waals surface area contributed by atoms with Gasteiger partial charge in [-0.3, -0.25) is 0 Å². The molecule has 1 rings (SSSR count). The van der Waals surface area contributed by atoms with E-state index in [1.54, 1.807) is 7.11 Å². The maximum Gasteiger partial charge on any atom is 0.176 e. The summed E-state index contributed by atoms with van der Waals surface area (Å²) in [6, 6.07) is 3.70. The third kappa shape index (κ3) is 3.82. The molecule has 1 atom stereocenters. The molecule has 0 saturated carbocycles. The highest BCUT2D eigenvalue weighted by Crippen LogP contribution is 2.06. The molecule has 18 heavy (non-hydrogen) atoms. The second-order valence-corrected chi connectivity index (χ2v) is 3.54. The molecule has 96 valence electrons. The lowest BCUT2D eigenvalue weighted by Crippen LogP contribution is -2.23. The van der Waals surface area contributed by atoms with Crippen molar-refractivity contribution in [2.24, 2.45) is 0 Å². The predicted molar refractivity (Wildman–Crippen MR) is 60.4 cm³/mol. The van der Waals surface area contributed by atoms with Crippen molar-refractivity contribution in [3.8, 4) is 12.1 Å². The van der Waals surface area contributed by atoms with E-state index in [0.717, 1.165) is 0 Å². The first-order valence-corrected chi connectivity index (χ1v) is 5.33. The summed E-state index contributed by atoms with van der Waals surface area (Å²) < 4.78 is 11.4. The first-order chi connectivity index (χ1) is 8.72. The maximum absolute atomic E-state index is 9.70. The Kier molecular flexibility index (Phi) is 5.81. The first-order valence-electron chi connectivity index (χ1n) is 5.33. The lowest BCUT2D eigenvalue weighted by Gasteiger charge is -2.12. The summed E-state index contributed by atoms with van der Waals surface area (Å²) in [6.45, 7) is 1.14. The van der Waals surface area contributed by atoms with Crippen LogP contribution in [-0.2, 0) is 16.0 Å². The zero-order valence-corrected chi connectivity index (χ0v) is 10.0. The average Bonchev–Trinajstić information content (AvgIpc) is 2.76. The third-order valence-electron chi connectivity index (χ3n) is 2.20. The van der Waals surface area contributed by atoms with E-state index in [-0.39, 0.29) is 24.5 Å². The smallest absolute Gasteiger partial charge is 0.176 e. The van der Waals surface area contributed by atoms with Crippen molar-refractivity contribution < 1.29 is 14.6 Å². The standard InChI is InChI=1S/C11H14N4O3/c1-17-2-3-18-7-9(16)6-15-8-14-10(4-12)11(15)5-13/h8-9,16H,2-3,6-7H2,1H3. The van der Waals surface area contributed by atoms with Crippen LogP contribution in [0.3, 0.4) is 0 Å². The predicted octanol–water partition coefficient (Wildman–Crippen LogP) is -0.350. The van der Waals surface area contributed by atoms with E-state index in [2.05, 4.69) is 4.98 Å². The Morgan fingerprint density at radius 2 is 2.22 bits per heavy atom. The fourth-order valence-electron chi connectivity index (χ4n) is 1.36. The number of aromatic nitrogens is 2. The van der Waals surface area contributed by atoms with Crippen LogP contribution in [-0.4, -0.2) is 47.7 Å². The highest BCUT2D eigenvalue weighted by molar-refractivity contribution is 5.36. The zero-order valence-electron chi connectivity index (χ0n) is 10.0. The van der Waals surface area contributed by atoms with Gasteiger partial charge in [-0.2, -0.15) is 10.5 Å². The van der Waals surface area contributed by atoms with E-state index >= 15 is 0 Å². The van der Waals surface area contributed by atoms with Gasteiger partial charge in [0.1, 0.15) is 12.1 Å². The molecule has 0 aliphatic rings. The SMILES string of the molecule is COCCOCC(O)Cn1cnc(C#N)c1C#N. The molecule has 0 bridgehead atoms. The second-order valence-electron chi connectivity index (χ2n) is 3.54. The minimum absolute atomic E-state index is 0.0602. The number of aliphatic hydroxyl groups excluding tert-OH is 1. The van der Waals surface area contributed by atoms with Crippen molar-refractivity contribution in [3.05, 3.63) is 17.7 Å². The van der Waals surface area contributed by atoms with Gasteiger partial charge in [0.2, 0.25) is 0 Å². The van der Waals surface area contributed by atoms with E-state index in [0.29, 0.717) is 13.2 Å². The van der Waals surface area contributed by atoms with Crippen molar-refractivity contribution in [2.45, 2.75) is 12.6 Å². The lowest BCUT2D eigenvalue weighted by atomic mass is 10.3. The molecular weight excluding hydrogens is 236 g/mol. The molecule has 0 amide bonds.